The Balaban J connectivity index is 2.64. The van der Waals surface area contributed by atoms with E-state index < -0.39 is 0 Å². The number of nitrogens with zero attached hydrogens (tertiary/aromatic N) is 1. The number of hydrogen-bond acceptors (Lipinski definition) is 2. The highest BCUT2D eigenvalue weighted by Crippen LogP contribution is 2.19. The van der Waals surface area contributed by atoms with Crippen LogP contribution in [0.1, 0.15) is 44.2 Å². The maximum Gasteiger partial charge on any atom is 0.121 e. The number of hydrogen-bond donors (Lipinski definition) is 0. The molecule has 0 amide bonds. The molecule has 0 aliphatic heterocycles. The highest BCUT2D eigenvalue weighted by atomic mass is 16.5. The Hall–Kier alpha value is -1.49. The van der Waals surface area contributed by atoms with Gasteiger partial charge in [-0.2, -0.15) is 5.26 Å². The quantitative estimate of drug-likeness (QED) is 0.751. The van der Waals surface area contributed by atoms with Crippen LogP contribution in [0.3, 0.4) is 0 Å². The molecular formula is C14H19NO. The van der Waals surface area contributed by atoms with Gasteiger partial charge in [-0.25, -0.2) is 0 Å². The van der Waals surface area contributed by atoms with Crippen molar-refractivity contribution < 1.29 is 4.74 Å². The molecule has 0 fully saturated rings. The number of unbranched alkanes of at least 4 members (excludes halogenated alkanes) is 1. The van der Waals surface area contributed by atoms with E-state index in [1.807, 2.05) is 25.1 Å². The van der Waals surface area contributed by atoms with E-state index in [1.54, 1.807) is 0 Å². The zero-order valence-electron chi connectivity index (χ0n) is 10.3. The number of aryl methyl sites for hydroxylation is 1. The lowest BCUT2D eigenvalue weighted by Gasteiger charge is -2.14. The van der Waals surface area contributed by atoms with Crippen molar-refractivity contribution in [1.82, 2.24) is 0 Å². The number of rotatable bonds is 5. The first-order chi connectivity index (χ1) is 7.67. The maximum atomic E-state index is 8.91. The Morgan fingerprint density at radius 3 is 2.81 bits per heavy atom. The second-order valence-electron chi connectivity index (χ2n) is 4.16. The summed E-state index contributed by atoms with van der Waals surface area (Å²) in [5.41, 5.74) is 1.69. The molecular weight excluding hydrogens is 198 g/mol. The summed E-state index contributed by atoms with van der Waals surface area (Å²) in [5, 5.41) is 8.91. The van der Waals surface area contributed by atoms with E-state index in [4.69, 9.17) is 10.00 Å². The Bertz CT molecular complexity index is 379. The van der Waals surface area contributed by atoms with Crippen molar-refractivity contribution in [3.8, 4) is 11.8 Å². The van der Waals surface area contributed by atoms with E-state index in [1.165, 1.54) is 12.8 Å². The minimum absolute atomic E-state index is 0.217. The van der Waals surface area contributed by atoms with Gasteiger partial charge in [0.2, 0.25) is 0 Å². The zero-order chi connectivity index (χ0) is 12.0. The number of nitriles is 1. The molecule has 0 aliphatic carbocycles. The second-order valence-corrected chi connectivity index (χ2v) is 4.16. The Kier molecular flexibility index (Phi) is 4.85. The van der Waals surface area contributed by atoms with Gasteiger partial charge in [-0.15, -0.1) is 0 Å². The van der Waals surface area contributed by atoms with Gasteiger partial charge < -0.3 is 4.74 Å². The first-order valence-corrected chi connectivity index (χ1v) is 5.84. The number of ether oxygens (including phenoxy) is 1. The lowest BCUT2D eigenvalue weighted by atomic mass is 10.1. The normalized spacial score (nSPS) is 11.9. The molecule has 0 aromatic heterocycles. The number of benzene rings is 1. The summed E-state index contributed by atoms with van der Waals surface area (Å²) in [6.45, 7) is 6.18. The van der Waals surface area contributed by atoms with Gasteiger partial charge in [0.25, 0.3) is 0 Å². The van der Waals surface area contributed by atoms with Crippen LogP contribution in [0.5, 0.6) is 5.75 Å². The molecule has 0 saturated heterocycles. The fraction of sp³-hybridized carbons (Fsp3) is 0.500. The Morgan fingerprint density at radius 1 is 1.44 bits per heavy atom. The van der Waals surface area contributed by atoms with Gasteiger partial charge in [0.1, 0.15) is 5.75 Å². The van der Waals surface area contributed by atoms with Crippen molar-refractivity contribution in [3.05, 3.63) is 29.3 Å². The van der Waals surface area contributed by atoms with Gasteiger partial charge in [-0.1, -0.05) is 25.8 Å². The average molecular weight is 217 g/mol. The van der Waals surface area contributed by atoms with Gasteiger partial charge >= 0.3 is 0 Å². The standard InChI is InChI=1S/C14H19NO/c1-4-5-6-12(3)16-14-8-7-11(2)13(9-14)10-15/h7-9,12H,4-6H2,1-3H3. The third kappa shape index (κ3) is 3.58. The fourth-order valence-corrected chi connectivity index (χ4v) is 1.58. The second kappa shape index (κ2) is 6.17. The summed E-state index contributed by atoms with van der Waals surface area (Å²) in [6, 6.07) is 7.85. The molecule has 2 heteroatoms. The molecule has 0 bridgehead atoms. The van der Waals surface area contributed by atoms with Gasteiger partial charge in [-0.05, 0) is 38.0 Å². The molecule has 1 atom stereocenters. The van der Waals surface area contributed by atoms with E-state index in [-0.39, 0.29) is 6.10 Å². The monoisotopic (exact) mass is 217 g/mol. The third-order valence-electron chi connectivity index (χ3n) is 2.63. The molecule has 1 aromatic carbocycles. The van der Waals surface area contributed by atoms with E-state index in [2.05, 4.69) is 19.9 Å². The third-order valence-corrected chi connectivity index (χ3v) is 2.63. The average Bonchev–Trinajstić information content (AvgIpc) is 2.29. The summed E-state index contributed by atoms with van der Waals surface area (Å²) < 4.78 is 5.76. The van der Waals surface area contributed by atoms with Crippen LogP contribution in [0.4, 0.5) is 0 Å². The van der Waals surface area contributed by atoms with E-state index >= 15 is 0 Å². The van der Waals surface area contributed by atoms with E-state index in [0.717, 1.165) is 17.7 Å². The summed E-state index contributed by atoms with van der Waals surface area (Å²) in [5.74, 6) is 0.797. The van der Waals surface area contributed by atoms with Gasteiger partial charge in [0, 0.05) is 0 Å². The molecule has 0 N–H and O–H groups in total. The molecule has 1 aromatic rings. The minimum atomic E-state index is 0.217. The van der Waals surface area contributed by atoms with Crippen molar-refractivity contribution in [1.29, 1.82) is 5.26 Å². The van der Waals surface area contributed by atoms with Crippen molar-refractivity contribution in [2.24, 2.45) is 0 Å². The molecule has 0 spiro atoms. The minimum Gasteiger partial charge on any atom is -0.491 e. The predicted molar refractivity (Wildman–Crippen MR) is 65.5 cm³/mol. The lowest BCUT2D eigenvalue weighted by molar-refractivity contribution is 0.207. The molecule has 86 valence electrons. The molecule has 0 saturated carbocycles. The molecule has 0 radical (unpaired) electrons. The predicted octanol–water partition coefficient (Wildman–Crippen LogP) is 3.82. The molecule has 16 heavy (non-hydrogen) atoms. The summed E-state index contributed by atoms with van der Waals surface area (Å²) >= 11 is 0. The van der Waals surface area contributed by atoms with Gasteiger partial charge in [0.05, 0.1) is 17.7 Å². The highest BCUT2D eigenvalue weighted by molar-refractivity contribution is 5.42. The van der Waals surface area contributed by atoms with E-state index in [9.17, 15) is 0 Å². The van der Waals surface area contributed by atoms with E-state index in [0.29, 0.717) is 5.56 Å². The highest BCUT2D eigenvalue weighted by Gasteiger charge is 2.05. The van der Waals surface area contributed by atoms with Crippen molar-refractivity contribution in [2.45, 2.75) is 46.1 Å². The summed E-state index contributed by atoms with van der Waals surface area (Å²) in [6.07, 6.45) is 3.64. The summed E-state index contributed by atoms with van der Waals surface area (Å²) in [7, 11) is 0. The van der Waals surface area contributed by atoms with Gasteiger partial charge in [0.15, 0.2) is 0 Å². The smallest absolute Gasteiger partial charge is 0.121 e. The molecule has 2 nitrogen and oxygen atoms in total. The largest absolute Gasteiger partial charge is 0.491 e. The van der Waals surface area contributed by atoms with Crippen molar-refractivity contribution in [3.63, 3.8) is 0 Å². The molecule has 0 heterocycles. The Morgan fingerprint density at radius 2 is 2.19 bits per heavy atom. The fourth-order valence-electron chi connectivity index (χ4n) is 1.58. The maximum absolute atomic E-state index is 8.91. The molecule has 0 aliphatic rings. The van der Waals surface area contributed by atoms with Crippen LogP contribution in [-0.4, -0.2) is 6.10 Å². The molecule has 1 rings (SSSR count). The van der Waals surface area contributed by atoms with Crippen LogP contribution in [0, 0.1) is 18.3 Å². The van der Waals surface area contributed by atoms with Crippen molar-refractivity contribution in [2.75, 3.05) is 0 Å². The van der Waals surface area contributed by atoms with Crippen molar-refractivity contribution >= 4 is 0 Å². The molecule has 1 unspecified atom stereocenters. The van der Waals surface area contributed by atoms with Gasteiger partial charge in [-0.3, -0.25) is 0 Å². The first-order valence-electron chi connectivity index (χ1n) is 5.84. The first kappa shape index (κ1) is 12.6. The SMILES string of the molecule is CCCCC(C)Oc1ccc(C)c(C#N)c1. The van der Waals surface area contributed by atoms with Crippen LogP contribution < -0.4 is 4.74 Å². The topological polar surface area (TPSA) is 33.0 Å². The van der Waals surface area contributed by atoms with Crippen LogP contribution >= 0.6 is 0 Å². The summed E-state index contributed by atoms with van der Waals surface area (Å²) in [4.78, 5) is 0. The Labute approximate surface area is 97.9 Å². The van der Waals surface area contributed by atoms with Crippen LogP contribution in [0.15, 0.2) is 18.2 Å². The van der Waals surface area contributed by atoms with Crippen LogP contribution in [-0.2, 0) is 0 Å². The van der Waals surface area contributed by atoms with Crippen LogP contribution in [0.25, 0.3) is 0 Å². The van der Waals surface area contributed by atoms with Crippen LogP contribution in [0.2, 0.25) is 0 Å². The lowest BCUT2D eigenvalue weighted by Crippen LogP contribution is -2.11. The zero-order valence-corrected chi connectivity index (χ0v) is 10.3.